The fourth-order valence-corrected chi connectivity index (χ4v) is 8.77. The summed E-state index contributed by atoms with van der Waals surface area (Å²) in [7, 11) is 0. The molecule has 13 rings (SSSR count). The summed E-state index contributed by atoms with van der Waals surface area (Å²) in [6.07, 6.45) is 22.8. The number of carboxylic acids is 1. The SMILES string of the molecule is C.CC(=O)O.CCOC(=O)c1c(N)[nH]c2cnccc12.Cc1ncnc2[nH]c3cnccc3c12.Clc1ncnc2[nH]c3cnccc3c12.N.O=CO.O=P(Cl)(Cl)Cl.O=[N+]([O-])c1cnccc1Cl.O=c1[nH]cnc2[nH]c3cnccc3c12.[C-]#[N+]C(C(=O)OCC)c1ccncc1[N+](=O)[O-].[C-]#[N+]CC(=O)OCC.[H-].[Na+].[Zn]. The van der Waals surface area contributed by atoms with Crippen LogP contribution in [0.5, 0.6) is 0 Å². The van der Waals surface area contributed by atoms with Crippen molar-refractivity contribution in [1.29, 1.82) is 0 Å². The smallest absolute Gasteiger partial charge is 1.00 e. The van der Waals surface area contributed by atoms with E-state index in [0.717, 1.165) is 90.7 Å². The summed E-state index contributed by atoms with van der Waals surface area (Å²) >= 11 is 25.3. The van der Waals surface area contributed by atoms with E-state index in [1.165, 1.54) is 37.2 Å². The number of aromatic nitrogens is 16. The summed E-state index contributed by atoms with van der Waals surface area (Å²) in [5.41, 5.74) is 12.1. The van der Waals surface area contributed by atoms with Crippen LogP contribution in [0.1, 0.15) is 64.2 Å². The molecule has 0 aliphatic heterocycles. The number of nitrogen functional groups attached to an aromatic ring is 1. The number of carboxylic acid groups (broad SMARTS) is 2. The van der Waals surface area contributed by atoms with Crippen molar-refractivity contribution in [2.24, 2.45) is 0 Å². The number of hydrogen-bond donors (Lipinski definition) is 9. The number of esters is 3. The number of nitro groups is 2. The van der Waals surface area contributed by atoms with Crippen molar-refractivity contribution in [3.05, 3.63) is 210 Å². The number of H-pyrrole nitrogens is 5. The molecule has 38 nitrogen and oxygen atoms in total. The van der Waals surface area contributed by atoms with E-state index in [9.17, 15) is 44.0 Å². The van der Waals surface area contributed by atoms with Crippen LogP contribution in [-0.2, 0) is 57.4 Å². The molecule has 13 aromatic heterocycles. The Bertz CT molecular complexity index is 5220. The van der Waals surface area contributed by atoms with Gasteiger partial charge in [-0.2, -0.15) is 0 Å². The van der Waals surface area contributed by atoms with Crippen LogP contribution < -0.4 is 47.0 Å². The van der Waals surface area contributed by atoms with Gasteiger partial charge >= 0.3 is 70.9 Å². The second-order valence-electron chi connectivity index (χ2n) is 18.9. The largest absolute Gasteiger partial charge is 1.00 e. The van der Waals surface area contributed by atoms with Gasteiger partial charge < -0.3 is 67.5 Å². The van der Waals surface area contributed by atoms with Gasteiger partial charge in [0.05, 0.1) is 99.3 Å². The van der Waals surface area contributed by atoms with Crippen LogP contribution >= 0.6 is 62.1 Å². The zero-order chi connectivity index (χ0) is 77.1. The topological polar surface area (TPSA) is 564 Å². The van der Waals surface area contributed by atoms with Crippen LogP contribution in [0.15, 0.2) is 135 Å². The van der Waals surface area contributed by atoms with E-state index in [2.05, 4.69) is 133 Å². The van der Waals surface area contributed by atoms with Gasteiger partial charge in [0.25, 0.3) is 23.7 Å². The van der Waals surface area contributed by atoms with Crippen LogP contribution in [-0.4, -0.2) is 157 Å². The van der Waals surface area contributed by atoms with Crippen molar-refractivity contribution in [2.45, 2.75) is 48.1 Å². The van der Waals surface area contributed by atoms with Gasteiger partial charge in [0.15, 0.2) is 0 Å². The number of halogens is 5. The van der Waals surface area contributed by atoms with E-state index in [-0.39, 0.29) is 111 Å². The summed E-state index contributed by atoms with van der Waals surface area (Å²) in [6, 6.07) is 8.73. The van der Waals surface area contributed by atoms with Crippen LogP contribution in [0.25, 0.3) is 86.4 Å². The Morgan fingerprint density at radius 1 is 0.676 bits per heavy atom. The first-order valence-corrected chi connectivity index (χ1v) is 34.0. The maximum absolute atomic E-state index is 11.6. The first kappa shape index (κ1) is 97.1. The van der Waals surface area contributed by atoms with Crippen LogP contribution in [0.2, 0.25) is 10.2 Å². The molecule has 0 amide bonds. The fourth-order valence-electron chi connectivity index (χ4n) is 8.37. The Morgan fingerprint density at radius 3 is 1.54 bits per heavy atom. The predicted molar refractivity (Wildman–Crippen MR) is 398 cm³/mol. The molecule has 0 radical (unpaired) electrons. The molecule has 560 valence electrons. The summed E-state index contributed by atoms with van der Waals surface area (Å²) in [5, 5.41) is 38.7. The molecule has 0 aliphatic rings. The zero-order valence-corrected chi connectivity index (χ0v) is 66.4. The average Bonchev–Trinajstić information content (AvgIpc) is 1.65. The normalized spacial score (nSPS) is 9.89. The molecule has 13 heterocycles. The van der Waals surface area contributed by atoms with Gasteiger partial charge in [0.2, 0.25) is 0 Å². The minimum atomic E-state index is -3.22. The molecular weight excluding hydrogens is 1610 g/mol. The van der Waals surface area contributed by atoms with Crippen LogP contribution in [0.4, 0.5) is 17.2 Å². The Morgan fingerprint density at radius 2 is 1.08 bits per heavy atom. The number of nitrogens with zero attached hydrogens (tertiary/aromatic N) is 15. The number of fused-ring (bicyclic) bond motifs is 10. The third-order valence-electron chi connectivity index (χ3n) is 12.3. The van der Waals surface area contributed by atoms with E-state index < -0.39 is 45.0 Å². The average molecular weight is 1670 g/mol. The van der Waals surface area contributed by atoms with Gasteiger partial charge in [-0.05, 0) is 97.8 Å². The van der Waals surface area contributed by atoms with E-state index in [0.29, 0.717) is 40.8 Å². The zero-order valence-electron chi connectivity index (χ0n) is 57.8. The summed E-state index contributed by atoms with van der Waals surface area (Å²) in [6.45, 7) is 21.7. The molecule has 0 saturated heterocycles. The van der Waals surface area contributed by atoms with Gasteiger partial charge in [-0.15, -0.1) is 0 Å². The molecule has 46 heteroatoms. The second kappa shape index (κ2) is 49.8. The third-order valence-corrected chi connectivity index (χ3v) is 12.9. The number of carbonyl (C=O) groups is 5. The van der Waals surface area contributed by atoms with E-state index in [1.54, 1.807) is 88.8 Å². The molecule has 12 N–H and O–H groups in total. The maximum atomic E-state index is 11.6. The number of aliphatic carboxylic acids is 1. The fraction of sp³-hybridized carbons (Fsp3) is 0.177. The van der Waals surface area contributed by atoms with E-state index in [1.807, 2.05) is 19.1 Å². The van der Waals surface area contributed by atoms with Crippen molar-refractivity contribution in [3.63, 3.8) is 0 Å². The van der Waals surface area contributed by atoms with Crippen LogP contribution in [0.3, 0.4) is 0 Å². The van der Waals surface area contributed by atoms with Crippen molar-refractivity contribution in [2.75, 3.05) is 32.1 Å². The molecule has 0 fully saturated rings. The number of nitrogens with one attached hydrogen (secondary N) is 5. The van der Waals surface area contributed by atoms with Gasteiger partial charge in [-0.25, -0.2) is 52.4 Å². The van der Waals surface area contributed by atoms with Gasteiger partial charge in [-0.3, -0.25) is 73.9 Å². The van der Waals surface area contributed by atoms with Crippen molar-refractivity contribution < 1.29 is 113 Å². The van der Waals surface area contributed by atoms with Crippen LogP contribution in [0, 0.1) is 40.3 Å². The molecule has 13 aromatic rings. The monoisotopic (exact) mass is 1660 g/mol. The first-order valence-electron chi connectivity index (χ1n) is 28.8. The summed E-state index contributed by atoms with van der Waals surface area (Å²) in [5.74, 6) is -2.16. The summed E-state index contributed by atoms with van der Waals surface area (Å²) < 4.78 is 23.5. The third kappa shape index (κ3) is 30.1. The standard InChI is InChI=1S/C10H8N4.C10H9N3O4.C10H11N3O2.C9H5ClN4.C9H6N4O.C5H3ClN2O2.C5H7NO2.C2H4O2.CH2O2.CH4.Cl3OP.H3N.Na.Zn.H/c1-6-9-7-2-3-11-4-8(7)14-10(9)13-5-12-6;1-3-17-10(14)9(11-2)7-4-5-12-6-8(7)13(15)16;1-2-15-10(14)8-6-3-4-12-5-7(6)13-9(8)11;10-8-7-5-1-2-11-3-6(5)14-9(7)13-4-12-8;14-9-7-5-1-2-10-3-6(5)13-8(7)11-4-12-9;6-4-1-2-7-3-5(4)8(9)10;1-3-8-5(7)4-6-2;1-2(3)4;2-1-3;;1-5(2,3)4;;;;/h2-5H,1H3,(H,12,13,14);4-6,9H,3H2,1H3;3-5,13H,2,11H2,1H3;1-4H,(H,12,13,14);1-4H,(H2,11,12,13,14);1-3H;3-4H2,1H3;1H3,(H,3,4);1H,(H,2,3);1H4;;1H3;;;/q;;;;;;;;;;;;+1;;-1. The quantitative estimate of drug-likeness (QED) is 0.00746. The summed E-state index contributed by atoms with van der Waals surface area (Å²) in [4.78, 5) is 146. The number of anilines is 1. The minimum Gasteiger partial charge on any atom is -1.00 e. The van der Waals surface area contributed by atoms with Crippen molar-refractivity contribution >= 4 is 186 Å². The number of hydrogen-bond acceptors (Lipinski definition) is 27. The van der Waals surface area contributed by atoms with Gasteiger partial charge in [0.1, 0.15) is 69.1 Å². The molecule has 0 aromatic carbocycles. The van der Waals surface area contributed by atoms with Gasteiger partial charge in [-0.1, -0.05) is 30.6 Å². The number of aryl methyl sites for hydroxylation is 1. The first-order chi connectivity index (χ1) is 49.6. The number of carbonyl (C=O) groups excluding carboxylic acids is 3. The Balaban J connectivity index is 0. The number of nitrogens with two attached hydrogens (primary N) is 1. The number of ether oxygens (including phenoxy) is 3. The Hall–Kier alpha value is -10.9. The number of rotatable bonds is 9. The molecule has 0 bridgehead atoms. The molecule has 0 saturated carbocycles. The second-order valence-corrected chi connectivity index (χ2v) is 26.3. The van der Waals surface area contributed by atoms with E-state index in [4.69, 9.17) is 66.6 Å². The van der Waals surface area contributed by atoms with E-state index >= 15 is 0 Å². The van der Waals surface area contributed by atoms with Crippen molar-refractivity contribution in [3.8, 4) is 0 Å². The Labute approximate surface area is 670 Å². The number of pyridine rings is 6. The molecule has 1 atom stereocenters. The molecule has 0 spiro atoms. The Kier molecular flexibility index (Phi) is 44.7. The number of aromatic amines is 5. The van der Waals surface area contributed by atoms with Crippen molar-refractivity contribution in [1.82, 2.24) is 85.9 Å². The molecular formula is C62H63Cl5N22NaO16PZn. The predicted octanol–water partition coefficient (Wildman–Crippen LogP) is 10.2. The molecule has 108 heavy (non-hydrogen) atoms. The van der Waals surface area contributed by atoms with Gasteiger partial charge in [0, 0.05) is 90.5 Å². The maximum Gasteiger partial charge on any atom is 1.00 e. The molecule has 0 aliphatic carbocycles. The molecule has 1 unspecified atom stereocenters. The minimum absolute atomic E-state index is 0.